The van der Waals surface area contributed by atoms with E-state index in [2.05, 4.69) is 20.5 Å². The van der Waals surface area contributed by atoms with E-state index in [0.29, 0.717) is 6.54 Å². The second-order valence-corrected chi connectivity index (χ2v) is 7.12. The molecule has 0 fully saturated rings. The number of pyridine rings is 1. The molecule has 3 aromatic heterocycles. The molecule has 1 N–H and O–H groups in total. The molecule has 32 heavy (non-hydrogen) atoms. The van der Waals surface area contributed by atoms with Crippen LogP contribution in [0.2, 0.25) is 0 Å². The van der Waals surface area contributed by atoms with E-state index in [1.54, 1.807) is 19.2 Å². The van der Waals surface area contributed by atoms with Gasteiger partial charge >= 0.3 is 0 Å². The third-order valence-corrected chi connectivity index (χ3v) is 4.76. The van der Waals surface area contributed by atoms with Crippen molar-refractivity contribution in [3.63, 3.8) is 0 Å². The fourth-order valence-corrected chi connectivity index (χ4v) is 3.27. The number of alkyl halides is 2. The molecule has 0 spiro atoms. The zero-order valence-corrected chi connectivity index (χ0v) is 16.9. The van der Waals surface area contributed by atoms with E-state index in [1.165, 1.54) is 38.6 Å². The number of rotatable bonds is 7. The molecule has 4 aromatic rings. The maximum atomic E-state index is 13.2. The summed E-state index contributed by atoms with van der Waals surface area (Å²) in [4.78, 5) is 28.7. The van der Waals surface area contributed by atoms with Gasteiger partial charge in [-0.25, -0.2) is 22.8 Å². The van der Waals surface area contributed by atoms with Crippen LogP contribution < -0.4 is 10.9 Å². The van der Waals surface area contributed by atoms with Crippen LogP contribution in [0.15, 0.2) is 47.7 Å². The standard InChI is InChI=1S/C20H18F3N7O2/c1-28-10-15-14(18(22)23)8-17(32)30(19(15)26-28)7-6-16(31)25-20-24-11-29(27-20)9-12-2-4-13(21)5-3-12/h2-5,8,10-11,18H,6-7,9H2,1H3,(H,25,27,31). The fraction of sp³-hybridized carbons (Fsp3) is 0.250. The van der Waals surface area contributed by atoms with Crippen molar-refractivity contribution in [2.45, 2.75) is 25.9 Å². The van der Waals surface area contributed by atoms with Gasteiger partial charge in [0, 0.05) is 43.2 Å². The first-order chi connectivity index (χ1) is 15.3. The highest BCUT2D eigenvalue weighted by atomic mass is 19.3. The van der Waals surface area contributed by atoms with Crippen molar-refractivity contribution >= 4 is 22.9 Å². The van der Waals surface area contributed by atoms with Gasteiger partial charge in [-0.2, -0.15) is 5.10 Å². The molecular formula is C20H18F3N7O2. The smallest absolute Gasteiger partial charge is 0.264 e. The summed E-state index contributed by atoms with van der Waals surface area (Å²) in [5, 5.41) is 10.9. The van der Waals surface area contributed by atoms with Crippen LogP contribution in [0, 0.1) is 5.82 Å². The van der Waals surface area contributed by atoms with Crippen molar-refractivity contribution in [2.24, 2.45) is 7.05 Å². The molecule has 12 heteroatoms. The number of aromatic nitrogens is 6. The van der Waals surface area contributed by atoms with Crippen molar-refractivity contribution in [1.29, 1.82) is 0 Å². The molecule has 9 nitrogen and oxygen atoms in total. The first-order valence-corrected chi connectivity index (χ1v) is 9.59. The van der Waals surface area contributed by atoms with Crippen LogP contribution in [0.5, 0.6) is 0 Å². The van der Waals surface area contributed by atoms with E-state index in [9.17, 15) is 22.8 Å². The summed E-state index contributed by atoms with van der Waals surface area (Å²) in [5.41, 5.74) is -0.166. The van der Waals surface area contributed by atoms with Gasteiger partial charge in [0.2, 0.25) is 11.9 Å². The van der Waals surface area contributed by atoms with E-state index in [-0.39, 0.29) is 35.8 Å². The minimum Gasteiger partial charge on any atom is -0.293 e. The summed E-state index contributed by atoms with van der Waals surface area (Å²) in [6.07, 6.45) is -0.107. The average Bonchev–Trinajstić information content (AvgIpc) is 3.34. The van der Waals surface area contributed by atoms with E-state index in [1.807, 2.05) is 0 Å². The van der Waals surface area contributed by atoms with E-state index < -0.39 is 23.5 Å². The molecule has 1 aromatic carbocycles. The second-order valence-electron chi connectivity index (χ2n) is 7.12. The Morgan fingerprint density at radius 3 is 2.66 bits per heavy atom. The molecular weight excluding hydrogens is 427 g/mol. The van der Waals surface area contributed by atoms with Gasteiger partial charge in [0.25, 0.3) is 12.0 Å². The minimum atomic E-state index is -2.82. The van der Waals surface area contributed by atoms with E-state index in [4.69, 9.17) is 0 Å². The molecule has 0 aliphatic heterocycles. The number of hydrogen-bond acceptors (Lipinski definition) is 5. The maximum absolute atomic E-state index is 13.2. The number of amides is 1. The summed E-state index contributed by atoms with van der Waals surface area (Å²) in [6, 6.07) is 6.77. The molecule has 0 atom stereocenters. The van der Waals surface area contributed by atoms with Crippen LogP contribution in [0.25, 0.3) is 11.0 Å². The SMILES string of the molecule is Cn1cc2c(C(F)F)cc(=O)n(CCC(=O)Nc3ncn(Cc4ccc(F)cc4)n3)c2n1. The normalized spacial score (nSPS) is 11.4. The summed E-state index contributed by atoms with van der Waals surface area (Å²) in [5.74, 6) is -0.731. The summed E-state index contributed by atoms with van der Waals surface area (Å²) in [6.45, 7) is 0.282. The van der Waals surface area contributed by atoms with Crippen LogP contribution in [0.1, 0.15) is 24.0 Å². The number of nitrogens with one attached hydrogen (secondary N) is 1. The first-order valence-electron chi connectivity index (χ1n) is 9.59. The monoisotopic (exact) mass is 445 g/mol. The largest absolute Gasteiger partial charge is 0.293 e. The number of benzene rings is 1. The van der Waals surface area contributed by atoms with Crippen LogP contribution in [-0.2, 0) is 24.9 Å². The Labute approximate surface area is 179 Å². The Morgan fingerprint density at radius 1 is 1.19 bits per heavy atom. The molecule has 0 aliphatic rings. The van der Waals surface area contributed by atoms with Crippen molar-refractivity contribution in [3.05, 3.63) is 70.2 Å². The molecule has 0 unspecified atom stereocenters. The topological polar surface area (TPSA) is 99.6 Å². The zero-order chi connectivity index (χ0) is 22.8. The zero-order valence-electron chi connectivity index (χ0n) is 16.9. The highest BCUT2D eigenvalue weighted by molar-refractivity contribution is 5.89. The Balaban J connectivity index is 1.43. The second kappa shape index (κ2) is 8.65. The Bertz CT molecular complexity index is 1330. The van der Waals surface area contributed by atoms with Crippen LogP contribution in [0.3, 0.4) is 0 Å². The number of carbonyl (C=O) groups excluding carboxylic acids is 1. The summed E-state index contributed by atoms with van der Waals surface area (Å²) >= 11 is 0. The number of carbonyl (C=O) groups is 1. The summed E-state index contributed by atoms with van der Waals surface area (Å²) in [7, 11) is 1.56. The lowest BCUT2D eigenvalue weighted by atomic mass is 10.2. The van der Waals surface area contributed by atoms with Gasteiger partial charge in [-0.15, -0.1) is 5.10 Å². The van der Waals surface area contributed by atoms with Crippen molar-refractivity contribution in [3.8, 4) is 0 Å². The number of aryl methyl sites for hydroxylation is 2. The predicted octanol–water partition coefficient (Wildman–Crippen LogP) is 2.48. The van der Waals surface area contributed by atoms with Gasteiger partial charge in [0.05, 0.1) is 6.54 Å². The third-order valence-electron chi connectivity index (χ3n) is 4.76. The summed E-state index contributed by atoms with van der Waals surface area (Å²) < 4.78 is 43.5. The first kappa shape index (κ1) is 21.3. The van der Waals surface area contributed by atoms with Gasteiger partial charge in [-0.05, 0) is 17.7 Å². The Morgan fingerprint density at radius 2 is 1.94 bits per heavy atom. The molecule has 0 saturated carbocycles. The van der Waals surface area contributed by atoms with Gasteiger partial charge in [-0.3, -0.25) is 24.2 Å². The predicted molar refractivity (Wildman–Crippen MR) is 109 cm³/mol. The fourth-order valence-electron chi connectivity index (χ4n) is 3.27. The molecule has 1 amide bonds. The molecule has 0 saturated heterocycles. The Hall–Kier alpha value is -3.96. The van der Waals surface area contributed by atoms with Gasteiger partial charge in [-0.1, -0.05) is 12.1 Å². The van der Waals surface area contributed by atoms with Crippen LogP contribution >= 0.6 is 0 Å². The lowest BCUT2D eigenvalue weighted by molar-refractivity contribution is -0.116. The number of hydrogen-bond donors (Lipinski definition) is 1. The van der Waals surface area contributed by atoms with Crippen LogP contribution in [-0.4, -0.2) is 35.0 Å². The third kappa shape index (κ3) is 4.53. The molecule has 0 radical (unpaired) electrons. The van der Waals surface area contributed by atoms with Gasteiger partial charge < -0.3 is 0 Å². The highest BCUT2D eigenvalue weighted by Crippen LogP contribution is 2.25. The quantitative estimate of drug-likeness (QED) is 0.471. The molecule has 0 bridgehead atoms. The highest BCUT2D eigenvalue weighted by Gasteiger charge is 2.19. The lowest BCUT2D eigenvalue weighted by Crippen LogP contribution is -2.24. The van der Waals surface area contributed by atoms with Gasteiger partial charge in [0.15, 0.2) is 5.65 Å². The molecule has 4 rings (SSSR count). The maximum Gasteiger partial charge on any atom is 0.264 e. The number of halogens is 3. The van der Waals surface area contributed by atoms with Crippen molar-refractivity contribution < 1.29 is 18.0 Å². The molecule has 166 valence electrons. The number of anilines is 1. The van der Waals surface area contributed by atoms with E-state index >= 15 is 0 Å². The molecule has 3 heterocycles. The van der Waals surface area contributed by atoms with Crippen LogP contribution in [0.4, 0.5) is 19.1 Å². The van der Waals surface area contributed by atoms with Crippen molar-refractivity contribution in [2.75, 3.05) is 5.32 Å². The van der Waals surface area contributed by atoms with Gasteiger partial charge in [0.1, 0.15) is 12.1 Å². The Kier molecular flexibility index (Phi) is 5.75. The van der Waals surface area contributed by atoms with E-state index in [0.717, 1.165) is 11.6 Å². The average molecular weight is 445 g/mol. The minimum absolute atomic E-state index is 0.0576. The van der Waals surface area contributed by atoms with Crippen molar-refractivity contribution in [1.82, 2.24) is 29.1 Å². The lowest BCUT2D eigenvalue weighted by Gasteiger charge is -2.09. The number of nitrogens with zero attached hydrogens (tertiary/aromatic N) is 6. The number of fused-ring (bicyclic) bond motifs is 1. The molecule has 0 aliphatic carbocycles.